The summed E-state index contributed by atoms with van der Waals surface area (Å²) in [5.74, 6) is 0. The van der Waals surface area contributed by atoms with Crippen LogP contribution in [0.4, 0.5) is 5.69 Å². The van der Waals surface area contributed by atoms with Gasteiger partial charge in [-0.1, -0.05) is 17.8 Å². The lowest BCUT2D eigenvalue weighted by Crippen LogP contribution is -1.89. The fraction of sp³-hybridized carbons (Fsp3) is 0.0909. The van der Waals surface area contributed by atoms with Gasteiger partial charge in [-0.2, -0.15) is 0 Å². The Balaban J connectivity index is 2.28. The van der Waals surface area contributed by atoms with Gasteiger partial charge in [0.15, 0.2) is 0 Å². The van der Waals surface area contributed by atoms with Crippen molar-refractivity contribution in [3.05, 3.63) is 42.4 Å². The molecule has 0 atom stereocenters. The minimum Gasteiger partial charge on any atom is -0.398 e. The number of nitrogen functional groups attached to an aromatic ring is 1. The zero-order valence-electron chi connectivity index (χ0n) is 8.34. The van der Waals surface area contributed by atoms with Crippen LogP contribution in [0.3, 0.4) is 0 Å². The van der Waals surface area contributed by atoms with E-state index in [1.807, 2.05) is 25.1 Å². The molecule has 0 radical (unpaired) electrons. The molecule has 1 heterocycles. The van der Waals surface area contributed by atoms with Gasteiger partial charge in [-0.05, 0) is 30.7 Å². The second-order valence-electron chi connectivity index (χ2n) is 3.19. The third-order valence-corrected chi connectivity index (χ3v) is 2.96. The first kappa shape index (κ1) is 9.98. The van der Waals surface area contributed by atoms with Crippen LogP contribution in [0.2, 0.25) is 0 Å². The Kier molecular flexibility index (Phi) is 2.87. The summed E-state index contributed by atoms with van der Waals surface area (Å²) in [6.07, 6.45) is 3.26. The highest BCUT2D eigenvalue weighted by Gasteiger charge is 2.02. The van der Waals surface area contributed by atoms with Gasteiger partial charge in [0.1, 0.15) is 11.4 Å². The van der Waals surface area contributed by atoms with Crippen molar-refractivity contribution in [2.24, 2.45) is 0 Å². The molecule has 0 saturated heterocycles. The van der Waals surface area contributed by atoms with Crippen molar-refractivity contribution in [3.63, 3.8) is 0 Å². The van der Waals surface area contributed by atoms with Crippen LogP contribution in [0, 0.1) is 6.92 Å². The van der Waals surface area contributed by atoms with Crippen molar-refractivity contribution >= 4 is 17.4 Å². The number of nitrogens with zero attached hydrogens (tertiary/aromatic N) is 2. The van der Waals surface area contributed by atoms with E-state index >= 15 is 0 Å². The molecule has 0 fully saturated rings. The Morgan fingerprint density at radius 1 is 1.27 bits per heavy atom. The van der Waals surface area contributed by atoms with Crippen LogP contribution in [0.1, 0.15) is 5.56 Å². The lowest BCUT2D eigenvalue weighted by molar-refractivity contribution is 1.05. The average Bonchev–Trinajstić information content (AvgIpc) is 2.25. The van der Waals surface area contributed by atoms with Crippen LogP contribution in [-0.4, -0.2) is 9.97 Å². The van der Waals surface area contributed by atoms with Crippen molar-refractivity contribution < 1.29 is 0 Å². The van der Waals surface area contributed by atoms with E-state index in [1.165, 1.54) is 11.9 Å². The SMILES string of the molecule is Cc1ccc(N)c(Sc2ccncn2)c1. The molecule has 0 amide bonds. The van der Waals surface area contributed by atoms with E-state index in [1.54, 1.807) is 18.0 Å². The Morgan fingerprint density at radius 3 is 2.87 bits per heavy atom. The number of aromatic nitrogens is 2. The number of rotatable bonds is 2. The zero-order chi connectivity index (χ0) is 10.7. The number of hydrogen-bond acceptors (Lipinski definition) is 4. The maximum absolute atomic E-state index is 5.87. The summed E-state index contributed by atoms with van der Waals surface area (Å²) in [4.78, 5) is 9.05. The molecule has 1 aromatic carbocycles. The molecular formula is C11H11N3S. The highest BCUT2D eigenvalue weighted by atomic mass is 32.2. The lowest BCUT2D eigenvalue weighted by atomic mass is 10.2. The minimum atomic E-state index is 0.782. The number of benzene rings is 1. The topological polar surface area (TPSA) is 51.8 Å². The second-order valence-corrected chi connectivity index (χ2v) is 4.25. The van der Waals surface area contributed by atoms with Gasteiger partial charge in [-0.25, -0.2) is 9.97 Å². The number of hydrogen-bond donors (Lipinski definition) is 1. The number of nitrogens with two attached hydrogens (primary N) is 1. The molecule has 2 aromatic rings. The van der Waals surface area contributed by atoms with Crippen molar-refractivity contribution in [1.82, 2.24) is 9.97 Å². The molecule has 0 bridgehead atoms. The third kappa shape index (κ3) is 2.47. The summed E-state index contributed by atoms with van der Waals surface area (Å²) in [6, 6.07) is 7.84. The van der Waals surface area contributed by atoms with Gasteiger partial charge in [0.2, 0.25) is 0 Å². The van der Waals surface area contributed by atoms with Gasteiger partial charge < -0.3 is 5.73 Å². The summed E-state index contributed by atoms with van der Waals surface area (Å²) in [5.41, 5.74) is 7.85. The Morgan fingerprint density at radius 2 is 2.13 bits per heavy atom. The second kappa shape index (κ2) is 4.31. The molecule has 76 valence electrons. The zero-order valence-corrected chi connectivity index (χ0v) is 9.16. The molecule has 4 heteroatoms. The molecule has 3 nitrogen and oxygen atoms in total. The van der Waals surface area contributed by atoms with Crippen LogP contribution in [0.15, 0.2) is 46.7 Å². The number of aryl methyl sites for hydroxylation is 1. The summed E-state index contributed by atoms with van der Waals surface area (Å²) in [7, 11) is 0. The molecule has 0 aliphatic heterocycles. The van der Waals surface area contributed by atoms with Gasteiger partial charge in [-0.15, -0.1) is 0 Å². The highest BCUT2D eigenvalue weighted by molar-refractivity contribution is 7.99. The maximum Gasteiger partial charge on any atom is 0.116 e. The Bertz CT molecular complexity index is 457. The van der Waals surface area contributed by atoms with Gasteiger partial charge in [0.05, 0.1) is 0 Å². The van der Waals surface area contributed by atoms with E-state index in [9.17, 15) is 0 Å². The molecule has 1 aromatic heterocycles. The molecule has 0 saturated carbocycles. The molecule has 0 aliphatic rings. The minimum absolute atomic E-state index is 0.782. The fourth-order valence-corrected chi connectivity index (χ4v) is 2.07. The Hall–Kier alpha value is -1.55. The molecule has 2 N–H and O–H groups in total. The van der Waals surface area contributed by atoms with E-state index in [0.717, 1.165) is 15.6 Å². The molecule has 0 spiro atoms. The predicted octanol–water partition coefficient (Wildman–Crippen LogP) is 2.52. The highest BCUT2D eigenvalue weighted by Crippen LogP contribution is 2.30. The van der Waals surface area contributed by atoms with Crippen molar-refractivity contribution in [1.29, 1.82) is 0 Å². The summed E-state index contributed by atoms with van der Waals surface area (Å²) in [5, 5.41) is 0.905. The van der Waals surface area contributed by atoms with Gasteiger partial charge in [-0.3, -0.25) is 0 Å². The maximum atomic E-state index is 5.87. The van der Waals surface area contributed by atoms with E-state index < -0.39 is 0 Å². The molecular weight excluding hydrogens is 206 g/mol. The first-order valence-corrected chi connectivity index (χ1v) is 5.37. The van der Waals surface area contributed by atoms with Crippen molar-refractivity contribution in [2.75, 3.05) is 5.73 Å². The van der Waals surface area contributed by atoms with Crippen LogP contribution >= 0.6 is 11.8 Å². The summed E-state index contributed by atoms with van der Waals surface area (Å²) in [6.45, 7) is 2.05. The monoisotopic (exact) mass is 217 g/mol. The standard InChI is InChI=1S/C11H11N3S/c1-8-2-3-9(12)10(6-8)15-11-4-5-13-7-14-11/h2-7H,12H2,1H3. The quantitative estimate of drug-likeness (QED) is 0.620. The summed E-state index contributed by atoms with van der Waals surface area (Å²) >= 11 is 1.55. The van der Waals surface area contributed by atoms with E-state index in [4.69, 9.17) is 5.73 Å². The molecule has 15 heavy (non-hydrogen) atoms. The van der Waals surface area contributed by atoms with Crippen molar-refractivity contribution in [2.45, 2.75) is 16.8 Å². The van der Waals surface area contributed by atoms with Gasteiger partial charge >= 0.3 is 0 Å². The summed E-state index contributed by atoms with van der Waals surface area (Å²) < 4.78 is 0. The first-order chi connectivity index (χ1) is 7.25. The van der Waals surface area contributed by atoms with E-state index in [-0.39, 0.29) is 0 Å². The van der Waals surface area contributed by atoms with Gasteiger partial charge in [0, 0.05) is 16.8 Å². The van der Waals surface area contributed by atoms with Crippen LogP contribution in [0.25, 0.3) is 0 Å². The van der Waals surface area contributed by atoms with E-state index in [2.05, 4.69) is 16.0 Å². The molecule has 0 aliphatic carbocycles. The molecule has 2 rings (SSSR count). The third-order valence-electron chi connectivity index (χ3n) is 1.94. The average molecular weight is 217 g/mol. The van der Waals surface area contributed by atoms with Crippen LogP contribution in [0.5, 0.6) is 0 Å². The normalized spacial score (nSPS) is 10.2. The van der Waals surface area contributed by atoms with Gasteiger partial charge in [0.25, 0.3) is 0 Å². The van der Waals surface area contributed by atoms with Crippen LogP contribution in [-0.2, 0) is 0 Å². The Labute approximate surface area is 92.8 Å². The first-order valence-electron chi connectivity index (χ1n) is 4.56. The largest absolute Gasteiger partial charge is 0.398 e. The van der Waals surface area contributed by atoms with Crippen molar-refractivity contribution in [3.8, 4) is 0 Å². The van der Waals surface area contributed by atoms with Crippen LogP contribution < -0.4 is 5.73 Å². The lowest BCUT2D eigenvalue weighted by Gasteiger charge is -2.05. The number of anilines is 1. The molecule has 0 unspecified atom stereocenters. The predicted molar refractivity (Wildman–Crippen MR) is 61.7 cm³/mol. The smallest absolute Gasteiger partial charge is 0.116 e. The fourth-order valence-electron chi connectivity index (χ4n) is 1.18. The van der Waals surface area contributed by atoms with E-state index in [0.29, 0.717) is 0 Å².